The summed E-state index contributed by atoms with van der Waals surface area (Å²) >= 11 is 0. The molecule has 0 bridgehead atoms. The van der Waals surface area contributed by atoms with Crippen LogP contribution >= 0.6 is 24.0 Å². The Balaban J connectivity index is 0.00000529. The highest BCUT2D eigenvalue weighted by Gasteiger charge is 2.23. The Morgan fingerprint density at radius 1 is 1.08 bits per heavy atom. The molecule has 0 spiro atoms. The van der Waals surface area contributed by atoms with Crippen LogP contribution in [0.15, 0.2) is 4.99 Å². The molecule has 5 nitrogen and oxygen atoms in total. The van der Waals surface area contributed by atoms with Crippen molar-refractivity contribution in [2.24, 2.45) is 16.8 Å². The third-order valence-electron chi connectivity index (χ3n) is 4.72. The Morgan fingerprint density at radius 2 is 1.79 bits per heavy atom. The van der Waals surface area contributed by atoms with E-state index in [4.69, 9.17) is 9.47 Å². The molecule has 1 aliphatic rings. The van der Waals surface area contributed by atoms with Crippen LogP contribution in [0.4, 0.5) is 0 Å². The fourth-order valence-corrected chi connectivity index (χ4v) is 3.10. The van der Waals surface area contributed by atoms with Crippen molar-refractivity contribution in [3.63, 3.8) is 0 Å². The molecule has 6 heteroatoms. The standard InChI is InChI=1S/C18H37N3O2.HI/c1-15(2)16-7-9-17(10-8-16)21-18(19-3)20-11-5-6-12-23-14-13-22-4;/h15-17H,5-14H2,1-4H3,(H2,19,20,21);1H. The molecule has 0 radical (unpaired) electrons. The first kappa shape index (κ1) is 23.9. The van der Waals surface area contributed by atoms with Crippen LogP contribution in [0, 0.1) is 11.8 Å². The minimum absolute atomic E-state index is 0. The summed E-state index contributed by atoms with van der Waals surface area (Å²) in [5.74, 6) is 2.67. The lowest BCUT2D eigenvalue weighted by atomic mass is 9.80. The van der Waals surface area contributed by atoms with E-state index in [9.17, 15) is 0 Å². The summed E-state index contributed by atoms with van der Waals surface area (Å²) in [5, 5.41) is 6.99. The SMILES string of the molecule is CN=C(NCCCCOCCOC)NC1CCC(C(C)C)CC1.I. The summed E-state index contributed by atoms with van der Waals surface area (Å²) in [4.78, 5) is 4.34. The summed E-state index contributed by atoms with van der Waals surface area (Å²) in [6.07, 6.45) is 7.35. The first-order valence-corrected chi connectivity index (χ1v) is 9.21. The summed E-state index contributed by atoms with van der Waals surface area (Å²) in [6, 6.07) is 0.577. The Morgan fingerprint density at radius 3 is 2.38 bits per heavy atom. The Kier molecular flexibility index (Phi) is 15.1. The Bertz CT molecular complexity index is 319. The van der Waals surface area contributed by atoms with Crippen molar-refractivity contribution in [2.75, 3.05) is 40.5 Å². The lowest BCUT2D eigenvalue weighted by molar-refractivity contribution is 0.0689. The second-order valence-corrected chi connectivity index (χ2v) is 6.81. The normalized spacial score (nSPS) is 21.5. The molecule has 1 rings (SSSR count). The van der Waals surface area contributed by atoms with Crippen molar-refractivity contribution in [1.29, 1.82) is 0 Å². The van der Waals surface area contributed by atoms with E-state index in [0.29, 0.717) is 19.3 Å². The molecule has 0 aromatic carbocycles. The minimum Gasteiger partial charge on any atom is -0.382 e. The molecule has 1 aliphatic carbocycles. The Labute approximate surface area is 165 Å². The van der Waals surface area contributed by atoms with E-state index in [1.54, 1.807) is 7.11 Å². The van der Waals surface area contributed by atoms with Crippen molar-refractivity contribution in [3.05, 3.63) is 0 Å². The Hall–Kier alpha value is -0.0800. The molecule has 0 amide bonds. The van der Waals surface area contributed by atoms with Gasteiger partial charge in [0.2, 0.25) is 0 Å². The van der Waals surface area contributed by atoms with Gasteiger partial charge in [-0.25, -0.2) is 0 Å². The molecule has 0 aromatic rings. The highest BCUT2D eigenvalue weighted by molar-refractivity contribution is 14.0. The average molecular weight is 455 g/mol. The molecular weight excluding hydrogens is 417 g/mol. The molecule has 0 aromatic heterocycles. The molecule has 144 valence electrons. The van der Waals surface area contributed by atoms with Crippen LogP contribution in [0.5, 0.6) is 0 Å². The highest BCUT2D eigenvalue weighted by atomic mass is 127. The predicted molar refractivity (Wildman–Crippen MR) is 112 cm³/mol. The van der Waals surface area contributed by atoms with Gasteiger partial charge in [0.1, 0.15) is 0 Å². The highest BCUT2D eigenvalue weighted by Crippen LogP contribution is 2.29. The van der Waals surface area contributed by atoms with E-state index >= 15 is 0 Å². The minimum atomic E-state index is 0. The molecule has 0 unspecified atom stereocenters. The number of methoxy groups -OCH3 is 1. The van der Waals surface area contributed by atoms with Crippen molar-refractivity contribution >= 4 is 29.9 Å². The van der Waals surface area contributed by atoms with E-state index in [-0.39, 0.29) is 24.0 Å². The molecular formula is C18H38IN3O2. The first-order chi connectivity index (χ1) is 11.2. The van der Waals surface area contributed by atoms with Crippen molar-refractivity contribution in [3.8, 4) is 0 Å². The van der Waals surface area contributed by atoms with Crippen LogP contribution in [0.1, 0.15) is 52.4 Å². The maximum atomic E-state index is 5.46. The number of unbranched alkanes of at least 4 members (excludes halogenated alkanes) is 1. The zero-order valence-corrected chi connectivity index (χ0v) is 18.3. The summed E-state index contributed by atoms with van der Waals surface area (Å²) in [7, 11) is 3.55. The van der Waals surface area contributed by atoms with Crippen LogP contribution in [-0.2, 0) is 9.47 Å². The molecule has 2 N–H and O–H groups in total. The molecule has 1 saturated carbocycles. The van der Waals surface area contributed by atoms with E-state index in [1.165, 1.54) is 25.7 Å². The van der Waals surface area contributed by atoms with Crippen LogP contribution in [0.25, 0.3) is 0 Å². The number of halogens is 1. The van der Waals surface area contributed by atoms with Crippen molar-refractivity contribution in [1.82, 2.24) is 10.6 Å². The zero-order valence-electron chi connectivity index (χ0n) is 16.0. The first-order valence-electron chi connectivity index (χ1n) is 9.21. The molecule has 0 saturated heterocycles. The molecule has 0 aliphatic heterocycles. The van der Waals surface area contributed by atoms with E-state index in [0.717, 1.165) is 43.8 Å². The van der Waals surface area contributed by atoms with Gasteiger partial charge in [0, 0.05) is 33.4 Å². The number of ether oxygens (including phenoxy) is 2. The zero-order chi connectivity index (χ0) is 16.9. The smallest absolute Gasteiger partial charge is 0.191 e. The third kappa shape index (κ3) is 10.7. The van der Waals surface area contributed by atoms with E-state index in [2.05, 4.69) is 29.5 Å². The maximum Gasteiger partial charge on any atom is 0.191 e. The quantitative estimate of drug-likeness (QED) is 0.229. The van der Waals surface area contributed by atoms with Gasteiger partial charge < -0.3 is 20.1 Å². The van der Waals surface area contributed by atoms with Crippen LogP contribution < -0.4 is 10.6 Å². The molecule has 1 fully saturated rings. The molecule has 24 heavy (non-hydrogen) atoms. The van der Waals surface area contributed by atoms with Gasteiger partial charge in [0.05, 0.1) is 13.2 Å². The van der Waals surface area contributed by atoms with Crippen molar-refractivity contribution < 1.29 is 9.47 Å². The second-order valence-electron chi connectivity index (χ2n) is 6.81. The van der Waals surface area contributed by atoms with Gasteiger partial charge in [-0.2, -0.15) is 0 Å². The van der Waals surface area contributed by atoms with Gasteiger partial charge in [-0.05, 0) is 50.4 Å². The predicted octanol–water partition coefficient (Wildman–Crippen LogP) is 3.43. The monoisotopic (exact) mass is 455 g/mol. The number of nitrogens with one attached hydrogen (secondary N) is 2. The van der Waals surface area contributed by atoms with E-state index < -0.39 is 0 Å². The lowest BCUT2D eigenvalue weighted by Gasteiger charge is -2.32. The number of nitrogens with zero attached hydrogens (tertiary/aromatic N) is 1. The van der Waals surface area contributed by atoms with Crippen LogP contribution in [-0.4, -0.2) is 52.5 Å². The maximum absolute atomic E-state index is 5.46. The topological polar surface area (TPSA) is 54.9 Å². The number of aliphatic imine (C=N–C) groups is 1. The van der Waals surface area contributed by atoms with E-state index in [1.807, 2.05) is 7.05 Å². The van der Waals surface area contributed by atoms with Gasteiger partial charge in [-0.1, -0.05) is 13.8 Å². The third-order valence-corrected chi connectivity index (χ3v) is 4.72. The van der Waals surface area contributed by atoms with Crippen molar-refractivity contribution in [2.45, 2.75) is 58.4 Å². The molecule has 0 atom stereocenters. The summed E-state index contributed by atoms with van der Waals surface area (Å²) < 4.78 is 10.4. The van der Waals surface area contributed by atoms with Gasteiger partial charge >= 0.3 is 0 Å². The van der Waals surface area contributed by atoms with Gasteiger partial charge in [0.25, 0.3) is 0 Å². The van der Waals surface area contributed by atoms with Crippen LogP contribution in [0.2, 0.25) is 0 Å². The van der Waals surface area contributed by atoms with Gasteiger partial charge in [-0.3, -0.25) is 4.99 Å². The molecule has 0 heterocycles. The van der Waals surface area contributed by atoms with Gasteiger partial charge in [0.15, 0.2) is 5.96 Å². The van der Waals surface area contributed by atoms with Crippen LogP contribution in [0.3, 0.4) is 0 Å². The summed E-state index contributed by atoms with van der Waals surface area (Å²) in [5.41, 5.74) is 0. The lowest BCUT2D eigenvalue weighted by Crippen LogP contribution is -2.45. The summed E-state index contributed by atoms with van der Waals surface area (Å²) in [6.45, 7) is 7.79. The fourth-order valence-electron chi connectivity index (χ4n) is 3.10. The van der Waals surface area contributed by atoms with Gasteiger partial charge in [-0.15, -0.1) is 24.0 Å². The number of rotatable bonds is 10. The second kappa shape index (κ2) is 15.2. The number of hydrogen-bond acceptors (Lipinski definition) is 3. The largest absolute Gasteiger partial charge is 0.382 e. The number of guanidine groups is 1. The average Bonchev–Trinajstić information content (AvgIpc) is 2.56. The number of hydrogen-bond donors (Lipinski definition) is 2. The fraction of sp³-hybridized carbons (Fsp3) is 0.944.